The number of unbranched alkanes of at least 4 members (excludes halogenated alkanes) is 1. The molecule has 2 heterocycles. The van der Waals surface area contributed by atoms with Gasteiger partial charge in [-0.2, -0.15) is 0 Å². The fraction of sp³-hybridized carbons (Fsp3) is 0.179. The maximum Gasteiger partial charge on any atom is 0.338 e. The predicted octanol–water partition coefficient (Wildman–Crippen LogP) is 5.55. The van der Waals surface area contributed by atoms with Crippen LogP contribution < -0.4 is 10.3 Å². The molecule has 1 unspecified atom stereocenters. The first kappa shape index (κ1) is 24.8. The summed E-state index contributed by atoms with van der Waals surface area (Å²) in [4.78, 5) is 51.7. The standard InChI is InChI=1S/C28H21FN2O7/c1-2-3-13-37-28(34)16-7-10-19(11-8-16)30-24(17-5-4-6-20(14-17)31(35)36)23-25(32)21-15-18(29)9-12-22(21)38-26(23)27(30)33/h4-12,14-15,24H,2-3,13H2,1H3. The Bertz CT molecular complexity index is 1650. The van der Waals surface area contributed by atoms with Crippen molar-refractivity contribution in [3.05, 3.63) is 115 Å². The van der Waals surface area contributed by atoms with Crippen molar-refractivity contribution in [1.29, 1.82) is 0 Å². The van der Waals surface area contributed by atoms with Gasteiger partial charge in [0.1, 0.15) is 11.4 Å². The third-order valence-electron chi connectivity index (χ3n) is 6.34. The van der Waals surface area contributed by atoms with E-state index >= 15 is 0 Å². The van der Waals surface area contributed by atoms with Gasteiger partial charge in [-0.25, -0.2) is 9.18 Å². The number of amides is 1. The minimum Gasteiger partial charge on any atom is -0.462 e. The summed E-state index contributed by atoms with van der Waals surface area (Å²) in [6, 6.07) is 13.9. The Morgan fingerprint density at radius 1 is 1.11 bits per heavy atom. The molecule has 0 spiro atoms. The normalized spacial score (nSPS) is 14.5. The van der Waals surface area contributed by atoms with E-state index in [1.54, 1.807) is 6.07 Å². The largest absolute Gasteiger partial charge is 0.462 e. The number of anilines is 1. The van der Waals surface area contributed by atoms with Crippen LogP contribution in [0.5, 0.6) is 0 Å². The van der Waals surface area contributed by atoms with Crippen molar-refractivity contribution in [2.45, 2.75) is 25.8 Å². The number of nitro benzene ring substituents is 1. The van der Waals surface area contributed by atoms with Crippen LogP contribution in [0.1, 0.15) is 57.8 Å². The molecule has 0 N–H and O–H groups in total. The van der Waals surface area contributed by atoms with Crippen molar-refractivity contribution >= 4 is 34.2 Å². The van der Waals surface area contributed by atoms with Gasteiger partial charge in [0.2, 0.25) is 5.76 Å². The minimum absolute atomic E-state index is 0.0355. The Kier molecular flexibility index (Phi) is 6.46. The van der Waals surface area contributed by atoms with Gasteiger partial charge in [0.05, 0.1) is 34.1 Å². The summed E-state index contributed by atoms with van der Waals surface area (Å²) in [6.45, 7) is 2.26. The number of rotatable bonds is 7. The van der Waals surface area contributed by atoms with Crippen LogP contribution in [0, 0.1) is 15.9 Å². The lowest BCUT2D eigenvalue weighted by Crippen LogP contribution is -2.29. The predicted molar refractivity (Wildman–Crippen MR) is 136 cm³/mol. The van der Waals surface area contributed by atoms with E-state index in [9.17, 15) is 28.9 Å². The average molecular weight is 516 g/mol. The second-order valence-corrected chi connectivity index (χ2v) is 8.78. The van der Waals surface area contributed by atoms with Gasteiger partial charge < -0.3 is 9.15 Å². The highest BCUT2D eigenvalue weighted by Crippen LogP contribution is 2.42. The molecular formula is C28H21FN2O7. The SMILES string of the molecule is CCCCOC(=O)c1ccc(N2C(=O)c3oc4ccc(F)cc4c(=O)c3C2c2cccc([N+](=O)[O-])c2)cc1. The summed E-state index contributed by atoms with van der Waals surface area (Å²) in [5.41, 5.74) is 0.00492. The van der Waals surface area contributed by atoms with E-state index in [0.29, 0.717) is 5.69 Å². The zero-order valence-corrected chi connectivity index (χ0v) is 20.2. The van der Waals surface area contributed by atoms with E-state index in [4.69, 9.17) is 9.15 Å². The lowest BCUT2D eigenvalue weighted by atomic mass is 9.97. The van der Waals surface area contributed by atoms with E-state index in [2.05, 4.69) is 0 Å². The molecule has 0 aliphatic carbocycles. The van der Waals surface area contributed by atoms with Crippen LogP contribution in [0.25, 0.3) is 11.0 Å². The fourth-order valence-corrected chi connectivity index (χ4v) is 4.49. The molecule has 5 rings (SSSR count). The van der Waals surface area contributed by atoms with Gasteiger partial charge in [0, 0.05) is 17.8 Å². The van der Waals surface area contributed by atoms with Crippen LogP contribution >= 0.6 is 0 Å². The second kappa shape index (κ2) is 9.89. The number of carbonyl (C=O) groups is 2. The first-order chi connectivity index (χ1) is 18.3. The van der Waals surface area contributed by atoms with Gasteiger partial charge in [-0.05, 0) is 54.4 Å². The van der Waals surface area contributed by atoms with Gasteiger partial charge >= 0.3 is 5.97 Å². The maximum atomic E-state index is 14.0. The van der Waals surface area contributed by atoms with Gasteiger partial charge in [0.25, 0.3) is 11.6 Å². The van der Waals surface area contributed by atoms with Gasteiger partial charge in [-0.1, -0.05) is 25.5 Å². The highest BCUT2D eigenvalue weighted by molar-refractivity contribution is 6.10. The second-order valence-electron chi connectivity index (χ2n) is 8.78. The Morgan fingerprint density at radius 3 is 2.58 bits per heavy atom. The van der Waals surface area contributed by atoms with E-state index in [1.165, 1.54) is 53.4 Å². The Hall–Kier alpha value is -4.86. The molecule has 1 aliphatic rings. The number of benzene rings is 3. The summed E-state index contributed by atoms with van der Waals surface area (Å²) in [7, 11) is 0. The van der Waals surface area contributed by atoms with E-state index in [1.807, 2.05) is 6.92 Å². The molecule has 192 valence electrons. The molecule has 0 radical (unpaired) electrons. The van der Waals surface area contributed by atoms with Gasteiger partial charge in [0.15, 0.2) is 5.43 Å². The molecule has 10 heteroatoms. The fourth-order valence-electron chi connectivity index (χ4n) is 4.49. The molecule has 1 aliphatic heterocycles. The summed E-state index contributed by atoms with van der Waals surface area (Å²) in [6.07, 6.45) is 1.60. The molecule has 0 saturated heterocycles. The van der Waals surface area contributed by atoms with Crippen LogP contribution in [0.3, 0.4) is 0 Å². The van der Waals surface area contributed by atoms with E-state index in [0.717, 1.165) is 25.0 Å². The third-order valence-corrected chi connectivity index (χ3v) is 6.34. The van der Waals surface area contributed by atoms with Crippen molar-refractivity contribution in [2.75, 3.05) is 11.5 Å². The summed E-state index contributed by atoms with van der Waals surface area (Å²) in [5.74, 6) is -2.06. The first-order valence-corrected chi connectivity index (χ1v) is 11.9. The summed E-state index contributed by atoms with van der Waals surface area (Å²) in [5, 5.41) is 11.4. The van der Waals surface area contributed by atoms with Crippen molar-refractivity contribution in [3.63, 3.8) is 0 Å². The van der Waals surface area contributed by atoms with Crippen LogP contribution in [-0.2, 0) is 4.74 Å². The molecular weight excluding hydrogens is 495 g/mol. The number of esters is 1. The van der Waals surface area contributed by atoms with Crippen molar-refractivity contribution < 1.29 is 28.1 Å². The number of halogens is 1. The molecule has 4 aromatic rings. The minimum atomic E-state index is -1.09. The average Bonchev–Trinajstić information content (AvgIpc) is 3.21. The molecule has 1 aromatic heterocycles. The number of non-ortho nitro benzene ring substituents is 1. The smallest absolute Gasteiger partial charge is 0.338 e. The zero-order chi connectivity index (χ0) is 27.0. The molecule has 0 fully saturated rings. The first-order valence-electron chi connectivity index (χ1n) is 11.9. The van der Waals surface area contributed by atoms with Crippen LogP contribution in [0.2, 0.25) is 0 Å². The zero-order valence-electron chi connectivity index (χ0n) is 20.2. The van der Waals surface area contributed by atoms with Crippen molar-refractivity contribution in [1.82, 2.24) is 0 Å². The third kappa shape index (κ3) is 4.30. The van der Waals surface area contributed by atoms with Gasteiger partial charge in [-0.3, -0.25) is 24.6 Å². The monoisotopic (exact) mass is 516 g/mol. The number of nitrogens with zero attached hydrogens (tertiary/aromatic N) is 2. The number of fused-ring (bicyclic) bond motifs is 2. The molecule has 0 bridgehead atoms. The van der Waals surface area contributed by atoms with Crippen molar-refractivity contribution in [3.8, 4) is 0 Å². The highest BCUT2D eigenvalue weighted by atomic mass is 19.1. The van der Waals surface area contributed by atoms with E-state index in [-0.39, 0.29) is 45.7 Å². The summed E-state index contributed by atoms with van der Waals surface area (Å²) >= 11 is 0. The maximum absolute atomic E-state index is 14.0. The van der Waals surface area contributed by atoms with Gasteiger partial charge in [-0.15, -0.1) is 0 Å². The Labute approximate surface area is 215 Å². The van der Waals surface area contributed by atoms with E-state index < -0.39 is 34.1 Å². The summed E-state index contributed by atoms with van der Waals surface area (Å²) < 4.78 is 25.0. The number of carbonyl (C=O) groups excluding carboxylic acids is 2. The Balaban J connectivity index is 1.65. The lowest BCUT2D eigenvalue weighted by molar-refractivity contribution is -0.384. The van der Waals surface area contributed by atoms with Crippen LogP contribution in [0.15, 0.2) is 75.9 Å². The molecule has 9 nitrogen and oxygen atoms in total. The number of ether oxygens (including phenoxy) is 1. The molecule has 3 aromatic carbocycles. The molecule has 38 heavy (non-hydrogen) atoms. The highest BCUT2D eigenvalue weighted by Gasteiger charge is 2.44. The number of hydrogen-bond donors (Lipinski definition) is 0. The topological polar surface area (TPSA) is 120 Å². The lowest BCUT2D eigenvalue weighted by Gasteiger charge is -2.25. The number of nitro groups is 1. The van der Waals surface area contributed by atoms with Crippen LogP contribution in [-0.4, -0.2) is 23.4 Å². The number of hydrogen-bond acceptors (Lipinski definition) is 7. The molecule has 1 atom stereocenters. The molecule has 0 saturated carbocycles. The molecule has 1 amide bonds. The Morgan fingerprint density at radius 2 is 1.87 bits per heavy atom. The van der Waals surface area contributed by atoms with Crippen molar-refractivity contribution in [2.24, 2.45) is 0 Å². The quantitative estimate of drug-likeness (QED) is 0.137. The van der Waals surface area contributed by atoms with Crippen LogP contribution in [0.4, 0.5) is 15.8 Å².